The van der Waals surface area contributed by atoms with Crippen molar-refractivity contribution in [3.8, 4) is 0 Å². The Balaban J connectivity index is 2.06. The van der Waals surface area contributed by atoms with Crippen LogP contribution in [0.15, 0.2) is 28.7 Å². The Labute approximate surface area is 106 Å². The molecule has 18 heavy (non-hydrogen) atoms. The van der Waals surface area contributed by atoms with Crippen molar-refractivity contribution in [1.82, 2.24) is 10.2 Å². The molecule has 5 heteroatoms. The summed E-state index contributed by atoms with van der Waals surface area (Å²) in [5.41, 5.74) is 8.07. The van der Waals surface area contributed by atoms with Crippen LogP contribution in [-0.4, -0.2) is 10.2 Å². The van der Waals surface area contributed by atoms with Crippen molar-refractivity contribution < 1.29 is 4.42 Å². The molecule has 0 saturated heterocycles. The molecule has 0 fully saturated rings. The highest BCUT2D eigenvalue weighted by Crippen LogP contribution is 2.19. The van der Waals surface area contributed by atoms with Gasteiger partial charge in [-0.1, -0.05) is 34.9 Å². The van der Waals surface area contributed by atoms with Gasteiger partial charge in [-0.2, -0.15) is 0 Å². The number of benzene rings is 1. The van der Waals surface area contributed by atoms with Gasteiger partial charge in [0.2, 0.25) is 5.89 Å². The molecule has 0 aliphatic heterocycles. The molecular formula is C13H18N4O. The standard InChI is InChI=1S/C13H18N4O/c1-8-4-6-11(7-5-8)10(3)15-13-17-16-12(18-13)9(2)14/h4-7,9-10H,14H2,1-3H3,(H,15,17). The third-order valence-electron chi connectivity index (χ3n) is 2.75. The average molecular weight is 246 g/mol. The van der Waals surface area contributed by atoms with Crippen molar-refractivity contribution in [1.29, 1.82) is 0 Å². The molecule has 0 radical (unpaired) electrons. The minimum absolute atomic E-state index is 0.104. The third kappa shape index (κ3) is 2.87. The largest absolute Gasteiger partial charge is 0.406 e. The molecule has 1 heterocycles. The second kappa shape index (κ2) is 5.18. The summed E-state index contributed by atoms with van der Waals surface area (Å²) in [6, 6.07) is 8.57. The number of aromatic nitrogens is 2. The molecule has 2 rings (SSSR count). The Kier molecular flexibility index (Phi) is 3.62. The zero-order chi connectivity index (χ0) is 13.1. The maximum absolute atomic E-state index is 5.66. The van der Waals surface area contributed by atoms with Crippen LogP contribution in [0.1, 0.15) is 42.9 Å². The van der Waals surface area contributed by atoms with Crippen LogP contribution in [0, 0.1) is 6.92 Å². The van der Waals surface area contributed by atoms with Gasteiger partial charge in [-0.15, -0.1) is 5.10 Å². The van der Waals surface area contributed by atoms with Crippen LogP contribution in [0.2, 0.25) is 0 Å². The number of rotatable bonds is 4. The fourth-order valence-corrected chi connectivity index (χ4v) is 1.60. The van der Waals surface area contributed by atoms with Crippen LogP contribution >= 0.6 is 0 Å². The summed E-state index contributed by atoms with van der Waals surface area (Å²) < 4.78 is 5.40. The molecule has 0 aliphatic rings. The Morgan fingerprint density at radius 3 is 2.39 bits per heavy atom. The van der Waals surface area contributed by atoms with Crippen molar-refractivity contribution in [2.45, 2.75) is 32.9 Å². The van der Waals surface area contributed by atoms with Crippen LogP contribution in [0.4, 0.5) is 6.01 Å². The predicted molar refractivity (Wildman–Crippen MR) is 70.1 cm³/mol. The number of nitrogens with one attached hydrogen (secondary N) is 1. The number of hydrogen-bond donors (Lipinski definition) is 2. The Bertz CT molecular complexity index is 504. The highest BCUT2D eigenvalue weighted by Gasteiger charge is 2.12. The number of anilines is 1. The molecule has 0 bridgehead atoms. The van der Waals surface area contributed by atoms with E-state index in [1.54, 1.807) is 6.92 Å². The van der Waals surface area contributed by atoms with Crippen LogP contribution in [0.25, 0.3) is 0 Å². The molecule has 0 aliphatic carbocycles. The molecule has 2 aromatic rings. The summed E-state index contributed by atoms with van der Waals surface area (Å²) >= 11 is 0. The first kappa shape index (κ1) is 12.6. The summed E-state index contributed by atoms with van der Waals surface area (Å²) in [4.78, 5) is 0. The lowest BCUT2D eigenvalue weighted by Crippen LogP contribution is -2.07. The van der Waals surface area contributed by atoms with Crippen molar-refractivity contribution >= 4 is 6.01 Å². The smallest absolute Gasteiger partial charge is 0.315 e. The lowest BCUT2D eigenvalue weighted by atomic mass is 10.1. The molecule has 0 amide bonds. The van der Waals surface area contributed by atoms with E-state index < -0.39 is 0 Å². The topological polar surface area (TPSA) is 77.0 Å². The van der Waals surface area contributed by atoms with E-state index in [9.17, 15) is 0 Å². The van der Waals surface area contributed by atoms with Crippen molar-refractivity contribution in [3.63, 3.8) is 0 Å². The van der Waals surface area contributed by atoms with Gasteiger partial charge in [0, 0.05) is 0 Å². The minimum atomic E-state index is -0.247. The first-order valence-electron chi connectivity index (χ1n) is 5.98. The van der Waals surface area contributed by atoms with Crippen molar-refractivity contribution in [3.05, 3.63) is 41.3 Å². The van der Waals surface area contributed by atoms with E-state index in [0.29, 0.717) is 11.9 Å². The lowest BCUT2D eigenvalue weighted by molar-refractivity contribution is 0.470. The number of nitrogens with zero attached hydrogens (tertiary/aromatic N) is 2. The van der Waals surface area contributed by atoms with E-state index in [1.807, 2.05) is 6.92 Å². The second-order valence-corrected chi connectivity index (χ2v) is 4.51. The van der Waals surface area contributed by atoms with Crippen molar-refractivity contribution in [2.75, 3.05) is 5.32 Å². The van der Waals surface area contributed by atoms with E-state index in [4.69, 9.17) is 10.2 Å². The van der Waals surface area contributed by atoms with E-state index >= 15 is 0 Å². The quantitative estimate of drug-likeness (QED) is 0.867. The average Bonchev–Trinajstić information content (AvgIpc) is 2.78. The summed E-state index contributed by atoms with van der Waals surface area (Å²) in [6.45, 7) is 5.91. The molecule has 2 atom stereocenters. The third-order valence-corrected chi connectivity index (χ3v) is 2.75. The van der Waals surface area contributed by atoms with Gasteiger partial charge in [-0.3, -0.25) is 0 Å². The zero-order valence-corrected chi connectivity index (χ0v) is 10.8. The van der Waals surface area contributed by atoms with Gasteiger partial charge >= 0.3 is 6.01 Å². The van der Waals surface area contributed by atoms with Gasteiger partial charge in [-0.25, -0.2) is 0 Å². The summed E-state index contributed by atoms with van der Waals surface area (Å²) in [6.07, 6.45) is 0. The SMILES string of the molecule is Cc1ccc(C(C)Nc2nnc(C(C)N)o2)cc1. The number of hydrogen-bond acceptors (Lipinski definition) is 5. The molecular weight excluding hydrogens is 228 g/mol. The minimum Gasteiger partial charge on any atom is -0.406 e. The van der Waals surface area contributed by atoms with Crippen LogP contribution in [0.3, 0.4) is 0 Å². The Morgan fingerprint density at radius 2 is 1.83 bits per heavy atom. The highest BCUT2D eigenvalue weighted by molar-refractivity contribution is 5.30. The van der Waals surface area contributed by atoms with E-state index in [2.05, 4.69) is 46.7 Å². The zero-order valence-electron chi connectivity index (χ0n) is 10.8. The molecule has 96 valence electrons. The number of aryl methyl sites for hydroxylation is 1. The van der Waals surface area contributed by atoms with Gasteiger partial charge in [0.15, 0.2) is 0 Å². The van der Waals surface area contributed by atoms with E-state index in [0.717, 1.165) is 0 Å². The van der Waals surface area contributed by atoms with Crippen LogP contribution in [-0.2, 0) is 0 Å². The molecule has 1 aromatic carbocycles. The summed E-state index contributed by atoms with van der Waals surface area (Å²) in [5, 5.41) is 10.9. The monoisotopic (exact) mass is 246 g/mol. The van der Waals surface area contributed by atoms with E-state index in [1.165, 1.54) is 11.1 Å². The van der Waals surface area contributed by atoms with Crippen LogP contribution in [0.5, 0.6) is 0 Å². The molecule has 1 aromatic heterocycles. The highest BCUT2D eigenvalue weighted by atomic mass is 16.4. The maximum Gasteiger partial charge on any atom is 0.315 e. The van der Waals surface area contributed by atoms with Crippen LogP contribution < -0.4 is 11.1 Å². The van der Waals surface area contributed by atoms with Gasteiger partial charge in [-0.05, 0) is 26.3 Å². The van der Waals surface area contributed by atoms with Gasteiger partial charge < -0.3 is 15.5 Å². The Hall–Kier alpha value is -1.88. The van der Waals surface area contributed by atoms with Gasteiger partial charge in [0.25, 0.3) is 0 Å². The second-order valence-electron chi connectivity index (χ2n) is 4.51. The number of nitrogens with two attached hydrogens (primary N) is 1. The Morgan fingerprint density at radius 1 is 1.17 bits per heavy atom. The fourth-order valence-electron chi connectivity index (χ4n) is 1.60. The molecule has 5 nitrogen and oxygen atoms in total. The first-order valence-corrected chi connectivity index (χ1v) is 5.98. The fraction of sp³-hybridized carbons (Fsp3) is 0.385. The summed E-state index contributed by atoms with van der Waals surface area (Å²) in [7, 11) is 0. The van der Waals surface area contributed by atoms with Crippen molar-refractivity contribution in [2.24, 2.45) is 5.73 Å². The molecule has 2 unspecified atom stereocenters. The lowest BCUT2D eigenvalue weighted by Gasteiger charge is -2.12. The predicted octanol–water partition coefficient (Wildman–Crippen LogP) is 2.57. The first-order chi connectivity index (χ1) is 8.56. The molecule has 0 spiro atoms. The summed E-state index contributed by atoms with van der Waals surface area (Å²) in [5.74, 6) is 0.439. The normalized spacial score (nSPS) is 14.2. The van der Waals surface area contributed by atoms with E-state index in [-0.39, 0.29) is 12.1 Å². The maximum atomic E-state index is 5.66. The molecule has 3 N–H and O–H groups in total. The van der Waals surface area contributed by atoms with Gasteiger partial charge in [0.1, 0.15) is 0 Å². The van der Waals surface area contributed by atoms with Gasteiger partial charge in [0.05, 0.1) is 12.1 Å². The molecule has 0 saturated carbocycles.